The lowest BCUT2D eigenvalue weighted by Gasteiger charge is -2.30. The number of ether oxygens (including phenoxy) is 1. The summed E-state index contributed by atoms with van der Waals surface area (Å²) in [6, 6.07) is 6.41. The summed E-state index contributed by atoms with van der Waals surface area (Å²) in [4.78, 5) is 21.6. The standard InChI is InChI=1S/C21H29N5O2.C4H4O4/c1-15(2)26-14-17-6-4-7-18(19(17)24-26)21-23-22-20(28-21)16-8-11-25(12-9-16)10-5-13-27-3;5-3(6)1-2-4(7)8/h4,6-7,14-16H,5,8-13H2,1-3H3;1-2H,(H,5,6)(H,7,8). The Labute approximate surface area is 209 Å². The van der Waals surface area contributed by atoms with E-state index in [4.69, 9.17) is 24.5 Å². The number of hydrogen-bond donors (Lipinski definition) is 2. The van der Waals surface area contributed by atoms with E-state index < -0.39 is 11.9 Å². The van der Waals surface area contributed by atoms with Gasteiger partial charge in [0.1, 0.15) is 5.52 Å². The predicted octanol–water partition coefficient (Wildman–Crippen LogP) is 3.59. The zero-order valence-corrected chi connectivity index (χ0v) is 20.8. The van der Waals surface area contributed by atoms with Gasteiger partial charge in [-0.15, -0.1) is 10.2 Å². The highest BCUT2D eigenvalue weighted by Gasteiger charge is 2.25. The molecule has 3 heterocycles. The van der Waals surface area contributed by atoms with Crippen LogP contribution in [0.4, 0.5) is 0 Å². The van der Waals surface area contributed by atoms with E-state index in [1.807, 2.05) is 16.8 Å². The molecule has 2 N–H and O–H groups in total. The van der Waals surface area contributed by atoms with Gasteiger partial charge in [-0.1, -0.05) is 12.1 Å². The van der Waals surface area contributed by atoms with Crippen LogP contribution in [0.25, 0.3) is 22.4 Å². The molecule has 11 heteroatoms. The van der Waals surface area contributed by atoms with E-state index in [0.29, 0.717) is 30.0 Å². The zero-order valence-electron chi connectivity index (χ0n) is 20.8. The lowest BCUT2D eigenvalue weighted by Crippen LogP contribution is -2.34. The summed E-state index contributed by atoms with van der Waals surface area (Å²) >= 11 is 0. The van der Waals surface area contributed by atoms with Crippen molar-refractivity contribution in [2.45, 2.75) is 45.1 Å². The molecule has 0 spiro atoms. The molecule has 3 aromatic rings. The van der Waals surface area contributed by atoms with Gasteiger partial charge in [-0.05, 0) is 52.3 Å². The fourth-order valence-electron chi connectivity index (χ4n) is 3.99. The van der Waals surface area contributed by atoms with E-state index in [1.165, 1.54) is 0 Å². The minimum Gasteiger partial charge on any atom is -0.478 e. The lowest BCUT2D eigenvalue weighted by atomic mass is 9.97. The fourth-order valence-corrected chi connectivity index (χ4v) is 3.99. The summed E-state index contributed by atoms with van der Waals surface area (Å²) in [6.07, 6.45) is 6.38. The highest BCUT2D eigenvalue weighted by Crippen LogP contribution is 2.32. The van der Waals surface area contributed by atoms with Crippen LogP contribution in [0.15, 0.2) is 41.0 Å². The molecular formula is C25H33N5O6. The maximum Gasteiger partial charge on any atom is 0.328 e. The van der Waals surface area contributed by atoms with Crippen molar-refractivity contribution in [3.63, 3.8) is 0 Å². The summed E-state index contributed by atoms with van der Waals surface area (Å²) in [5.74, 6) is -0.851. The number of rotatable bonds is 9. The van der Waals surface area contributed by atoms with Crippen LogP contribution < -0.4 is 0 Å². The van der Waals surface area contributed by atoms with Gasteiger partial charge in [0.25, 0.3) is 0 Å². The van der Waals surface area contributed by atoms with E-state index in [0.717, 1.165) is 67.9 Å². The topological polar surface area (TPSA) is 144 Å². The molecule has 0 aliphatic carbocycles. The number of benzene rings is 1. The van der Waals surface area contributed by atoms with Crippen LogP contribution in [0.3, 0.4) is 0 Å². The quantitative estimate of drug-likeness (QED) is 0.331. The average Bonchev–Trinajstić information content (AvgIpc) is 3.51. The predicted molar refractivity (Wildman–Crippen MR) is 133 cm³/mol. The number of hydrogen-bond acceptors (Lipinski definition) is 8. The Balaban J connectivity index is 0.000000392. The van der Waals surface area contributed by atoms with Crippen LogP contribution in [0, 0.1) is 0 Å². The van der Waals surface area contributed by atoms with Crippen molar-refractivity contribution in [2.24, 2.45) is 0 Å². The van der Waals surface area contributed by atoms with E-state index in [1.54, 1.807) is 7.11 Å². The van der Waals surface area contributed by atoms with Crippen molar-refractivity contribution >= 4 is 22.8 Å². The van der Waals surface area contributed by atoms with E-state index in [9.17, 15) is 9.59 Å². The second-order valence-electron chi connectivity index (χ2n) is 8.86. The second-order valence-corrected chi connectivity index (χ2v) is 8.86. The molecule has 2 aromatic heterocycles. The number of aromatic nitrogens is 4. The second kappa shape index (κ2) is 12.9. The Morgan fingerprint density at radius 3 is 2.47 bits per heavy atom. The van der Waals surface area contributed by atoms with Crippen LogP contribution in [-0.4, -0.2) is 80.4 Å². The minimum absolute atomic E-state index is 0.313. The third-order valence-electron chi connectivity index (χ3n) is 5.88. The number of carboxylic acid groups (broad SMARTS) is 2. The summed E-state index contributed by atoms with van der Waals surface area (Å²) in [5.41, 5.74) is 1.83. The first-order valence-corrected chi connectivity index (χ1v) is 11.9. The SMILES string of the molecule is COCCCN1CCC(c2nnc(-c3cccc4cn(C(C)C)nc34)o2)CC1.O=C(O)C=CC(=O)O. The Kier molecular flexibility index (Phi) is 9.71. The first-order valence-electron chi connectivity index (χ1n) is 11.9. The maximum atomic E-state index is 9.55. The minimum atomic E-state index is -1.26. The number of aliphatic carboxylic acids is 2. The Hall–Kier alpha value is -3.57. The molecule has 194 valence electrons. The van der Waals surface area contributed by atoms with Gasteiger partial charge in [0, 0.05) is 56.0 Å². The van der Waals surface area contributed by atoms with Gasteiger partial charge in [0.05, 0.1) is 5.56 Å². The highest BCUT2D eigenvalue weighted by molar-refractivity contribution is 5.91. The monoisotopic (exact) mass is 499 g/mol. The van der Waals surface area contributed by atoms with E-state index in [-0.39, 0.29) is 0 Å². The van der Waals surface area contributed by atoms with Crippen molar-refractivity contribution in [3.8, 4) is 11.5 Å². The Bertz CT molecular complexity index is 1160. The molecule has 0 amide bonds. The molecule has 0 radical (unpaired) electrons. The average molecular weight is 500 g/mol. The first-order chi connectivity index (χ1) is 17.3. The van der Waals surface area contributed by atoms with Crippen LogP contribution in [-0.2, 0) is 14.3 Å². The molecular weight excluding hydrogens is 466 g/mol. The number of methoxy groups -OCH3 is 1. The van der Waals surface area contributed by atoms with Crippen molar-refractivity contribution in [2.75, 3.05) is 33.4 Å². The zero-order chi connectivity index (χ0) is 26.1. The molecule has 1 aliphatic rings. The molecule has 0 saturated carbocycles. The molecule has 1 saturated heterocycles. The number of carbonyl (C=O) groups is 2. The molecule has 0 atom stereocenters. The summed E-state index contributed by atoms with van der Waals surface area (Å²) in [6.45, 7) is 8.30. The Morgan fingerprint density at radius 1 is 1.17 bits per heavy atom. The van der Waals surface area contributed by atoms with E-state index >= 15 is 0 Å². The van der Waals surface area contributed by atoms with Gasteiger partial charge < -0.3 is 24.3 Å². The molecule has 1 aromatic carbocycles. The summed E-state index contributed by atoms with van der Waals surface area (Å²) in [7, 11) is 1.76. The van der Waals surface area contributed by atoms with Gasteiger partial charge in [0.2, 0.25) is 11.8 Å². The number of carboxylic acids is 2. The van der Waals surface area contributed by atoms with Crippen LogP contribution in [0.2, 0.25) is 0 Å². The van der Waals surface area contributed by atoms with Crippen molar-refractivity contribution < 1.29 is 29.0 Å². The lowest BCUT2D eigenvalue weighted by molar-refractivity contribution is -0.134. The van der Waals surface area contributed by atoms with Gasteiger partial charge in [-0.25, -0.2) is 9.59 Å². The van der Waals surface area contributed by atoms with Crippen molar-refractivity contribution in [1.82, 2.24) is 24.9 Å². The van der Waals surface area contributed by atoms with Crippen LogP contribution in [0.5, 0.6) is 0 Å². The van der Waals surface area contributed by atoms with Gasteiger partial charge in [-0.3, -0.25) is 4.68 Å². The first kappa shape index (κ1) is 27.0. The maximum absolute atomic E-state index is 9.55. The molecule has 0 bridgehead atoms. The van der Waals surface area contributed by atoms with Crippen LogP contribution >= 0.6 is 0 Å². The molecule has 1 fully saturated rings. The molecule has 4 rings (SSSR count). The van der Waals surface area contributed by atoms with Crippen LogP contribution in [0.1, 0.15) is 51.0 Å². The third-order valence-corrected chi connectivity index (χ3v) is 5.88. The number of fused-ring (bicyclic) bond motifs is 1. The molecule has 1 aliphatic heterocycles. The van der Waals surface area contributed by atoms with Crippen molar-refractivity contribution in [3.05, 3.63) is 42.4 Å². The summed E-state index contributed by atoms with van der Waals surface area (Å²) in [5, 5.41) is 30.2. The van der Waals surface area contributed by atoms with Gasteiger partial charge >= 0.3 is 11.9 Å². The highest BCUT2D eigenvalue weighted by atomic mass is 16.5. The van der Waals surface area contributed by atoms with Crippen molar-refractivity contribution in [1.29, 1.82) is 0 Å². The number of nitrogens with zero attached hydrogens (tertiary/aromatic N) is 5. The molecule has 0 unspecified atom stereocenters. The normalized spacial score (nSPS) is 14.9. The largest absolute Gasteiger partial charge is 0.478 e. The number of piperidine rings is 1. The smallest absolute Gasteiger partial charge is 0.328 e. The molecule has 11 nitrogen and oxygen atoms in total. The number of likely N-dealkylation sites (tertiary alicyclic amines) is 1. The Morgan fingerprint density at radius 2 is 1.86 bits per heavy atom. The third kappa shape index (κ3) is 7.46. The van der Waals surface area contributed by atoms with Gasteiger partial charge in [-0.2, -0.15) is 5.10 Å². The van der Waals surface area contributed by atoms with Gasteiger partial charge in [0.15, 0.2) is 0 Å². The van der Waals surface area contributed by atoms with E-state index in [2.05, 4.69) is 41.2 Å². The summed E-state index contributed by atoms with van der Waals surface area (Å²) < 4.78 is 13.2. The fraction of sp³-hybridized carbons (Fsp3) is 0.480. The molecule has 36 heavy (non-hydrogen) atoms.